The lowest BCUT2D eigenvalue weighted by atomic mass is 9.96. The molecule has 0 bridgehead atoms. The molecular formula is C24H37N5O7S. The first-order valence-corrected chi connectivity index (χ1v) is 13.2. The number of thioether (sulfide) groups is 1. The third-order valence-corrected chi connectivity index (χ3v) is 6.43. The molecular weight excluding hydrogens is 502 g/mol. The summed E-state index contributed by atoms with van der Waals surface area (Å²) in [5, 5.41) is 26.7. The molecule has 37 heavy (non-hydrogen) atoms. The number of benzene rings is 1. The summed E-state index contributed by atoms with van der Waals surface area (Å²) in [5.74, 6) is -3.96. The first kappa shape index (κ1) is 31.7. The number of amides is 4. The van der Waals surface area contributed by atoms with Gasteiger partial charge in [-0.15, -0.1) is 0 Å². The van der Waals surface area contributed by atoms with E-state index in [0.717, 1.165) is 0 Å². The van der Waals surface area contributed by atoms with Gasteiger partial charge in [-0.1, -0.05) is 32.4 Å². The molecule has 0 saturated heterocycles. The van der Waals surface area contributed by atoms with Gasteiger partial charge in [0.2, 0.25) is 23.6 Å². The largest absolute Gasteiger partial charge is 0.508 e. The molecule has 0 aliphatic rings. The summed E-state index contributed by atoms with van der Waals surface area (Å²) in [5.41, 5.74) is 11.4. The first-order valence-electron chi connectivity index (χ1n) is 11.8. The minimum Gasteiger partial charge on any atom is -0.508 e. The highest BCUT2D eigenvalue weighted by Crippen LogP contribution is 2.14. The Morgan fingerprint density at radius 3 is 2.08 bits per heavy atom. The molecule has 0 heterocycles. The molecule has 0 saturated carbocycles. The number of aromatic hydroxyl groups is 1. The van der Waals surface area contributed by atoms with Crippen molar-refractivity contribution in [3.8, 4) is 5.75 Å². The highest BCUT2D eigenvalue weighted by atomic mass is 32.2. The molecule has 4 amide bonds. The molecule has 0 aliphatic heterocycles. The standard InChI is InChI=1S/C24H37N5O7S/c1-4-13(2)20(29-21(32)16(25)12-19(26)31)23(34)28-18(11-14-5-7-15(30)8-6-14)22(33)27-17(24(35)36)9-10-37-3/h5-8,13,16-18,20,30H,4,9-12,25H2,1-3H3,(H2,26,31)(H,27,33)(H,28,34)(H,29,32)(H,35,36). The van der Waals surface area contributed by atoms with Crippen molar-refractivity contribution in [2.24, 2.45) is 17.4 Å². The van der Waals surface area contributed by atoms with E-state index in [1.165, 1.54) is 23.9 Å². The number of aliphatic carboxylic acids is 1. The van der Waals surface area contributed by atoms with Gasteiger partial charge in [-0.3, -0.25) is 19.2 Å². The monoisotopic (exact) mass is 539 g/mol. The first-order chi connectivity index (χ1) is 17.4. The third-order valence-electron chi connectivity index (χ3n) is 5.79. The summed E-state index contributed by atoms with van der Waals surface area (Å²) in [6.45, 7) is 3.53. The maximum absolute atomic E-state index is 13.3. The van der Waals surface area contributed by atoms with Crippen LogP contribution in [0.3, 0.4) is 0 Å². The fourth-order valence-corrected chi connectivity index (χ4v) is 3.85. The Morgan fingerprint density at radius 1 is 0.973 bits per heavy atom. The van der Waals surface area contributed by atoms with Gasteiger partial charge in [0.05, 0.1) is 12.5 Å². The van der Waals surface area contributed by atoms with Crippen LogP contribution in [0.15, 0.2) is 24.3 Å². The maximum Gasteiger partial charge on any atom is 0.326 e. The van der Waals surface area contributed by atoms with Gasteiger partial charge in [0.1, 0.15) is 23.9 Å². The van der Waals surface area contributed by atoms with E-state index < -0.39 is 60.2 Å². The average molecular weight is 540 g/mol. The summed E-state index contributed by atoms with van der Waals surface area (Å²) in [7, 11) is 0. The number of phenolic OH excluding ortho intramolecular Hbond substituents is 1. The van der Waals surface area contributed by atoms with E-state index in [2.05, 4.69) is 16.0 Å². The topological polar surface area (TPSA) is 214 Å². The lowest BCUT2D eigenvalue weighted by Crippen LogP contribution is -2.59. The van der Waals surface area contributed by atoms with E-state index in [1.807, 2.05) is 13.2 Å². The highest BCUT2D eigenvalue weighted by Gasteiger charge is 2.32. The van der Waals surface area contributed by atoms with Crippen LogP contribution in [0.2, 0.25) is 0 Å². The third kappa shape index (κ3) is 11.1. The number of hydrogen-bond acceptors (Lipinski definition) is 8. The second-order valence-electron chi connectivity index (χ2n) is 8.76. The number of carbonyl (C=O) groups excluding carboxylic acids is 4. The summed E-state index contributed by atoms with van der Waals surface area (Å²) >= 11 is 1.43. The number of rotatable bonds is 16. The molecule has 5 unspecified atom stereocenters. The van der Waals surface area contributed by atoms with Crippen LogP contribution in [-0.2, 0) is 30.4 Å². The lowest BCUT2D eigenvalue weighted by molar-refractivity contribution is -0.142. The SMILES string of the molecule is CCC(C)C(NC(=O)C(N)CC(N)=O)C(=O)NC(Cc1ccc(O)cc1)C(=O)NC(CCSC)C(=O)O. The molecule has 1 rings (SSSR count). The summed E-state index contributed by atoms with van der Waals surface area (Å²) in [6.07, 6.45) is 2.08. The molecule has 1 aromatic rings. The Labute approximate surface area is 220 Å². The highest BCUT2D eigenvalue weighted by molar-refractivity contribution is 7.98. The average Bonchev–Trinajstić information content (AvgIpc) is 2.84. The van der Waals surface area contributed by atoms with Crippen LogP contribution in [0.5, 0.6) is 5.75 Å². The van der Waals surface area contributed by atoms with Crippen molar-refractivity contribution >= 4 is 41.4 Å². The van der Waals surface area contributed by atoms with Crippen LogP contribution in [-0.4, -0.2) is 76.0 Å². The summed E-state index contributed by atoms with van der Waals surface area (Å²) in [6, 6.07) is 1.31. The van der Waals surface area contributed by atoms with Crippen LogP contribution < -0.4 is 27.4 Å². The van der Waals surface area contributed by atoms with E-state index in [-0.39, 0.29) is 24.5 Å². The summed E-state index contributed by atoms with van der Waals surface area (Å²) in [4.78, 5) is 61.7. The molecule has 5 atom stereocenters. The number of hydrogen-bond donors (Lipinski definition) is 7. The van der Waals surface area contributed by atoms with Gasteiger partial charge < -0.3 is 37.6 Å². The van der Waals surface area contributed by atoms with Gasteiger partial charge in [0.25, 0.3) is 0 Å². The van der Waals surface area contributed by atoms with Gasteiger partial charge >= 0.3 is 5.97 Å². The molecule has 12 nitrogen and oxygen atoms in total. The van der Waals surface area contributed by atoms with Crippen LogP contribution in [0.1, 0.15) is 38.7 Å². The van der Waals surface area contributed by atoms with Crippen molar-refractivity contribution in [1.82, 2.24) is 16.0 Å². The van der Waals surface area contributed by atoms with Crippen molar-refractivity contribution in [3.63, 3.8) is 0 Å². The second kappa shape index (κ2) is 15.7. The number of carboxylic acid groups (broad SMARTS) is 1. The Hall–Kier alpha value is -3.32. The lowest BCUT2D eigenvalue weighted by Gasteiger charge is -2.28. The van der Waals surface area contributed by atoms with Crippen LogP contribution in [0.25, 0.3) is 0 Å². The Morgan fingerprint density at radius 2 is 1.57 bits per heavy atom. The molecule has 13 heteroatoms. The fourth-order valence-electron chi connectivity index (χ4n) is 3.38. The van der Waals surface area contributed by atoms with E-state index >= 15 is 0 Å². The van der Waals surface area contributed by atoms with Gasteiger partial charge in [-0.25, -0.2) is 4.79 Å². The van der Waals surface area contributed by atoms with E-state index in [9.17, 15) is 34.2 Å². The van der Waals surface area contributed by atoms with Crippen molar-refractivity contribution in [1.29, 1.82) is 0 Å². The normalized spacial score (nSPS) is 14.9. The van der Waals surface area contributed by atoms with Gasteiger partial charge in [0.15, 0.2) is 0 Å². The number of carboxylic acids is 1. The molecule has 0 fully saturated rings. The van der Waals surface area contributed by atoms with Gasteiger partial charge in [-0.05, 0) is 42.0 Å². The quantitative estimate of drug-likeness (QED) is 0.144. The van der Waals surface area contributed by atoms with Gasteiger partial charge in [0, 0.05) is 6.42 Å². The zero-order valence-electron chi connectivity index (χ0n) is 21.2. The Bertz CT molecular complexity index is 944. The number of phenols is 1. The van der Waals surface area contributed by atoms with Crippen LogP contribution in [0, 0.1) is 5.92 Å². The molecule has 206 valence electrons. The minimum absolute atomic E-state index is 0.00488. The minimum atomic E-state index is -1.25. The van der Waals surface area contributed by atoms with Crippen molar-refractivity contribution in [2.75, 3.05) is 12.0 Å². The van der Waals surface area contributed by atoms with Gasteiger partial charge in [-0.2, -0.15) is 11.8 Å². The molecule has 0 aliphatic carbocycles. The van der Waals surface area contributed by atoms with E-state index in [1.54, 1.807) is 19.1 Å². The number of nitrogens with two attached hydrogens (primary N) is 2. The number of primary amides is 1. The molecule has 9 N–H and O–H groups in total. The summed E-state index contributed by atoms with van der Waals surface area (Å²) < 4.78 is 0. The molecule has 0 aromatic heterocycles. The van der Waals surface area contributed by atoms with Crippen molar-refractivity contribution < 1.29 is 34.2 Å². The predicted octanol–water partition coefficient (Wildman–Crippen LogP) is -0.524. The predicted molar refractivity (Wildman–Crippen MR) is 139 cm³/mol. The van der Waals surface area contributed by atoms with Crippen molar-refractivity contribution in [3.05, 3.63) is 29.8 Å². The Balaban J connectivity index is 3.17. The zero-order valence-corrected chi connectivity index (χ0v) is 22.0. The maximum atomic E-state index is 13.3. The van der Waals surface area contributed by atoms with E-state index in [0.29, 0.717) is 17.7 Å². The van der Waals surface area contributed by atoms with Crippen molar-refractivity contribution in [2.45, 2.75) is 63.7 Å². The molecule has 1 aromatic carbocycles. The smallest absolute Gasteiger partial charge is 0.326 e. The number of carbonyl (C=O) groups is 5. The zero-order chi connectivity index (χ0) is 28.1. The Kier molecular flexibility index (Phi) is 13.5. The fraction of sp³-hybridized carbons (Fsp3) is 0.542. The molecule has 0 spiro atoms. The van der Waals surface area contributed by atoms with Crippen LogP contribution >= 0.6 is 11.8 Å². The van der Waals surface area contributed by atoms with Crippen LogP contribution in [0.4, 0.5) is 0 Å². The number of nitrogens with one attached hydrogen (secondary N) is 3. The van der Waals surface area contributed by atoms with E-state index in [4.69, 9.17) is 11.5 Å². The second-order valence-corrected chi connectivity index (χ2v) is 9.75. The molecule has 0 radical (unpaired) electrons.